The summed E-state index contributed by atoms with van der Waals surface area (Å²) in [6, 6.07) is 0. The van der Waals surface area contributed by atoms with Gasteiger partial charge in [-0.2, -0.15) is 0 Å². The molecule has 3 N–H and O–H groups in total. The SMILES string of the molecule is COC(=O)[C@@]12OC[C@@]34[C@H](C[C@@H]5C(C)=C(O)C(=O)C[C@]5(C)[C@@H]3[C@@H](O)[C@H]1O)OC(=O)[C@H](OC(=O)/C=C(\C)C(C)C)[C@H]24. The smallest absolute Gasteiger partial charge is 0.348 e. The van der Waals surface area contributed by atoms with Gasteiger partial charge >= 0.3 is 17.9 Å². The molecule has 11 nitrogen and oxygen atoms in total. The van der Waals surface area contributed by atoms with E-state index in [1.165, 1.54) is 6.08 Å². The van der Waals surface area contributed by atoms with Crippen LogP contribution in [-0.4, -0.2) is 82.7 Å². The first-order chi connectivity index (χ1) is 18.2. The molecule has 2 saturated heterocycles. The first-order valence-corrected chi connectivity index (χ1v) is 13.3. The van der Waals surface area contributed by atoms with Crippen molar-refractivity contribution >= 4 is 23.7 Å². The quantitative estimate of drug-likeness (QED) is 0.262. The molecule has 0 aromatic carbocycles. The fourth-order valence-electron chi connectivity index (χ4n) is 8.37. The molecule has 0 aromatic heterocycles. The molecule has 0 radical (unpaired) electrons. The Balaban J connectivity index is 1.71. The minimum atomic E-state index is -2.22. The fraction of sp³-hybridized carbons (Fsp3) is 0.714. The topological polar surface area (TPSA) is 166 Å². The number of rotatable bonds is 4. The van der Waals surface area contributed by atoms with Crippen molar-refractivity contribution in [3.63, 3.8) is 0 Å². The molecule has 3 aliphatic carbocycles. The lowest BCUT2D eigenvalue weighted by atomic mass is 9.38. The van der Waals surface area contributed by atoms with Crippen LogP contribution in [0.15, 0.2) is 23.0 Å². The Labute approximate surface area is 226 Å². The molecule has 5 aliphatic rings. The summed E-state index contributed by atoms with van der Waals surface area (Å²) in [5, 5.41) is 33.7. The monoisotopic (exact) mass is 548 g/mol. The molecule has 0 amide bonds. The summed E-state index contributed by atoms with van der Waals surface area (Å²) in [6.07, 6.45) is -4.75. The van der Waals surface area contributed by atoms with Crippen molar-refractivity contribution in [2.24, 2.45) is 34.5 Å². The van der Waals surface area contributed by atoms with Gasteiger partial charge in [-0.1, -0.05) is 26.3 Å². The Morgan fingerprint density at radius 1 is 1.18 bits per heavy atom. The van der Waals surface area contributed by atoms with Crippen molar-refractivity contribution in [3.05, 3.63) is 23.0 Å². The van der Waals surface area contributed by atoms with Crippen LogP contribution in [0, 0.1) is 34.5 Å². The van der Waals surface area contributed by atoms with Gasteiger partial charge in [-0.15, -0.1) is 0 Å². The number of Topliss-reactive ketones (excluding diaryl/α,β-unsaturated/α-hetero) is 1. The summed E-state index contributed by atoms with van der Waals surface area (Å²) >= 11 is 0. The van der Waals surface area contributed by atoms with E-state index >= 15 is 0 Å². The van der Waals surface area contributed by atoms with E-state index in [1.807, 2.05) is 13.8 Å². The van der Waals surface area contributed by atoms with Gasteiger partial charge in [-0.05, 0) is 43.1 Å². The zero-order valence-electron chi connectivity index (χ0n) is 22.9. The van der Waals surface area contributed by atoms with E-state index in [0.29, 0.717) is 11.1 Å². The zero-order chi connectivity index (χ0) is 28.8. The van der Waals surface area contributed by atoms with Crippen molar-refractivity contribution in [2.45, 2.75) is 77.5 Å². The third-order valence-corrected chi connectivity index (χ3v) is 10.3. The van der Waals surface area contributed by atoms with Crippen molar-refractivity contribution in [1.29, 1.82) is 0 Å². The van der Waals surface area contributed by atoms with Gasteiger partial charge in [0.25, 0.3) is 0 Å². The molecule has 1 spiro atoms. The first-order valence-electron chi connectivity index (χ1n) is 13.3. The molecule has 39 heavy (non-hydrogen) atoms. The predicted octanol–water partition coefficient (Wildman–Crippen LogP) is 1.15. The summed E-state index contributed by atoms with van der Waals surface area (Å²) in [5.74, 6) is -6.26. The number of allylic oxidation sites excluding steroid dienone is 3. The maximum atomic E-state index is 13.5. The maximum absolute atomic E-state index is 13.5. The van der Waals surface area contributed by atoms with E-state index < -0.39 is 82.3 Å². The Hall–Kier alpha value is -2.76. The van der Waals surface area contributed by atoms with E-state index in [4.69, 9.17) is 18.9 Å². The van der Waals surface area contributed by atoms with Crippen LogP contribution in [0.1, 0.15) is 47.5 Å². The minimum Gasteiger partial charge on any atom is -0.504 e. The van der Waals surface area contributed by atoms with Crippen LogP contribution >= 0.6 is 0 Å². The number of carbonyl (C=O) groups excluding carboxylic acids is 4. The van der Waals surface area contributed by atoms with Gasteiger partial charge in [0.2, 0.25) is 11.7 Å². The minimum absolute atomic E-state index is 0.0302. The highest BCUT2D eigenvalue weighted by atomic mass is 16.6. The standard InChI is InChI=1S/C28H36O11/c1-11(2)12(3)7-17(30)39-20-22-27-10-37-28(22,25(35)36-6)23(33)19(32)21(27)26(5)9-15(29)18(31)13(4)14(26)8-16(27)38-24(20)34/h7,11,14,16,19-23,31-33H,8-10H2,1-6H3/b12-7+/t14-,16+,19-,20-,21+,22+,23-,26+,27-,28+/m1/s1. The average Bonchev–Trinajstić information content (AvgIpc) is 3.18. The van der Waals surface area contributed by atoms with Crippen LogP contribution in [0.5, 0.6) is 0 Å². The highest BCUT2D eigenvalue weighted by molar-refractivity contribution is 5.95. The predicted molar refractivity (Wildman–Crippen MR) is 132 cm³/mol. The fourth-order valence-corrected chi connectivity index (χ4v) is 8.37. The van der Waals surface area contributed by atoms with E-state index in [2.05, 4.69) is 0 Å². The number of ketones is 1. The van der Waals surface area contributed by atoms with Crippen molar-refractivity contribution in [3.8, 4) is 0 Å². The Bertz CT molecular complexity index is 1200. The molecule has 0 unspecified atom stereocenters. The number of esters is 3. The normalized spacial score (nSPS) is 44.9. The van der Waals surface area contributed by atoms with Crippen molar-refractivity contribution < 1.29 is 53.4 Å². The number of hydrogen-bond donors (Lipinski definition) is 3. The highest BCUT2D eigenvalue weighted by Crippen LogP contribution is 2.72. The lowest BCUT2D eigenvalue weighted by molar-refractivity contribution is -0.290. The molecule has 2 saturated carbocycles. The number of hydrogen-bond acceptors (Lipinski definition) is 11. The van der Waals surface area contributed by atoms with Gasteiger partial charge in [-0.25, -0.2) is 14.4 Å². The first kappa shape index (κ1) is 27.8. The third-order valence-electron chi connectivity index (χ3n) is 10.3. The second-order valence-electron chi connectivity index (χ2n) is 12.3. The van der Waals surface area contributed by atoms with Crippen LogP contribution in [0.2, 0.25) is 0 Å². The zero-order valence-corrected chi connectivity index (χ0v) is 22.9. The molecular weight excluding hydrogens is 512 g/mol. The molecule has 2 heterocycles. The van der Waals surface area contributed by atoms with Gasteiger partial charge in [-0.3, -0.25) is 4.79 Å². The number of methoxy groups -OCH3 is 1. The van der Waals surface area contributed by atoms with Gasteiger partial charge in [0.1, 0.15) is 12.2 Å². The number of ether oxygens (including phenoxy) is 4. The molecule has 5 rings (SSSR count). The van der Waals surface area contributed by atoms with Crippen LogP contribution in [0.4, 0.5) is 0 Å². The molecule has 214 valence electrons. The van der Waals surface area contributed by atoms with E-state index in [1.54, 1.807) is 20.8 Å². The van der Waals surface area contributed by atoms with Crippen LogP contribution in [0.3, 0.4) is 0 Å². The number of fused-ring (bicyclic) bond motifs is 2. The van der Waals surface area contributed by atoms with E-state index in [0.717, 1.165) is 7.11 Å². The Morgan fingerprint density at radius 3 is 2.46 bits per heavy atom. The molecular formula is C28H36O11. The second-order valence-corrected chi connectivity index (χ2v) is 12.3. The van der Waals surface area contributed by atoms with Gasteiger partial charge in [0, 0.05) is 23.8 Å². The second kappa shape index (κ2) is 8.87. The number of aliphatic hydroxyl groups excluding tert-OH is 3. The van der Waals surface area contributed by atoms with Gasteiger partial charge in [0.15, 0.2) is 11.5 Å². The van der Waals surface area contributed by atoms with Crippen LogP contribution in [-0.2, 0) is 38.1 Å². The molecule has 0 aromatic rings. The highest BCUT2D eigenvalue weighted by Gasteiger charge is 2.85. The third kappa shape index (κ3) is 3.39. The van der Waals surface area contributed by atoms with E-state index in [-0.39, 0.29) is 31.1 Å². The van der Waals surface area contributed by atoms with E-state index in [9.17, 15) is 34.5 Å². The van der Waals surface area contributed by atoms with Crippen LogP contribution < -0.4 is 0 Å². The molecule has 4 fully saturated rings. The summed E-state index contributed by atoms with van der Waals surface area (Å²) in [4.78, 5) is 52.8. The number of aliphatic hydroxyl groups is 3. The molecule has 2 aliphatic heterocycles. The molecule has 10 atom stereocenters. The van der Waals surface area contributed by atoms with Crippen molar-refractivity contribution in [2.75, 3.05) is 13.7 Å². The van der Waals surface area contributed by atoms with Gasteiger partial charge < -0.3 is 34.3 Å². The van der Waals surface area contributed by atoms with Crippen molar-refractivity contribution in [1.82, 2.24) is 0 Å². The summed E-state index contributed by atoms with van der Waals surface area (Å²) in [6.45, 7) is 8.72. The Morgan fingerprint density at radius 2 is 1.85 bits per heavy atom. The van der Waals surface area contributed by atoms with Crippen LogP contribution in [0.25, 0.3) is 0 Å². The average molecular weight is 549 g/mol. The largest absolute Gasteiger partial charge is 0.504 e. The maximum Gasteiger partial charge on any atom is 0.348 e. The van der Waals surface area contributed by atoms with Gasteiger partial charge in [0.05, 0.1) is 25.7 Å². The lowest BCUT2D eigenvalue weighted by Crippen LogP contribution is -2.79. The number of carbonyl (C=O) groups is 4. The Kier molecular flexibility index (Phi) is 6.32. The summed E-state index contributed by atoms with van der Waals surface area (Å²) < 4.78 is 22.7. The summed E-state index contributed by atoms with van der Waals surface area (Å²) in [7, 11) is 1.10. The molecule has 11 heteroatoms. The molecule has 2 bridgehead atoms. The lowest BCUT2D eigenvalue weighted by Gasteiger charge is -2.67. The summed E-state index contributed by atoms with van der Waals surface area (Å²) in [5.41, 5.74) is -3.43.